The first-order valence-electron chi connectivity index (χ1n) is 4.26. The third-order valence-corrected chi connectivity index (χ3v) is 5.57. The van der Waals surface area contributed by atoms with Crippen molar-refractivity contribution in [1.82, 2.24) is 0 Å². The van der Waals surface area contributed by atoms with Crippen molar-refractivity contribution in [1.29, 1.82) is 0 Å². The number of carbonyl (C=O) groups excluding carboxylic acids is 1. The molecular weight excluding hydrogens is 196 g/mol. The first kappa shape index (κ1) is 8.70. The van der Waals surface area contributed by atoms with Crippen molar-refractivity contribution in [2.75, 3.05) is 0 Å². The first-order chi connectivity index (χ1) is 5.70. The predicted octanol–water partition coefficient (Wildman–Crippen LogP) is 1.24. The number of hydrogen-bond donors (Lipinski definition) is 0. The van der Waals surface area contributed by atoms with Gasteiger partial charge in [0.05, 0.1) is 5.25 Å². The summed E-state index contributed by atoms with van der Waals surface area (Å²) in [5.74, 6) is 0.103. The van der Waals surface area contributed by atoms with E-state index in [0.717, 1.165) is 19.3 Å². The van der Waals surface area contributed by atoms with Gasteiger partial charge in [0.15, 0.2) is 5.78 Å². The van der Waals surface area contributed by atoms with Crippen molar-refractivity contribution in [3.63, 3.8) is 0 Å². The molecule has 2 nitrogen and oxygen atoms in total. The van der Waals surface area contributed by atoms with Crippen LogP contribution in [-0.4, -0.2) is 25.9 Å². The summed E-state index contributed by atoms with van der Waals surface area (Å²) >= 11 is 5.88. The summed E-state index contributed by atoms with van der Waals surface area (Å²) in [4.78, 5) is 11.3. The smallest absolute Gasteiger partial charge is 0.153 e. The van der Waals surface area contributed by atoms with Gasteiger partial charge >= 0.3 is 0 Å². The third-order valence-electron chi connectivity index (χ3n) is 2.70. The summed E-state index contributed by atoms with van der Waals surface area (Å²) in [5.41, 5.74) is 0. The van der Waals surface area contributed by atoms with Crippen molar-refractivity contribution in [2.24, 2.45) is 0 Å². The van der Waals surface area contributed by atoms with Gasteiger partial charge < -0.3 is 0 Å². The maximum absolute atomic E-state index is 11.6. The summed E-state index contributed by atoms with van der Waals surface area (Å²) < 4.78 is 11.6. The second kappa shape index (κ2) is 3.11. The van der Waals surface area contributed by atoms with Gasteiger partial charge in [-0.15, -0.1) is 11.6 Å². The number of carbonyl (C=O) groups is 1. The normalized spacial score (nSPS) is 47.6. The lowest BCUT2D eigenvalue weighted by Gasteiger charge is -2.35. The zero-order chi connectivity index (χ0) is 8.72. The minimum atomic E-state index is -0.840. The molecule has 0 spiro atoms. The number of rotatable bonds is 0. The minimum absolute atomic E-state index is 0.0494. The Morgan fingerprint density at radius 1 is 1.42 bits per heavy atom. The average Bonchev–Trinajstić information content (AvgIpc) is 2.04. The first-order valence-corrected chi connectivity index (χ1v) is 5.97. The molecule has 0 aromatic carbocycles. The molecule has 0 aliphatic carbocycles. The molecule has 2 heterocycles. The standard InChI is InChI=1S/C8H11ClO2S/c9-8-6(10)4-5-2-1-3-7(8)12(5)11/h5,7-8H,1-4H2. The highest BCUT2D eigenvalue weighted by molar-refractivity contribution is 7.86. The molecular formula is C8H11ClO2S. The van der Waals surface area contributed by atoms with Crippen LogP contribution in [0.4, 0.5) is 0 Å². The van der Waals surface area contributed by atoms with Crippen LogP contribution in [0.15, 0.2) is 0 Å². The highest BCUT2D eigenvalue weighted by atomic mass is 35.5. The summed E-state index contributed by atoms with van der Waals surface area (Å²) in [6.45, 7) is 0. The van der Waals surface area contributed by atoms with Gasteiger partial charge in [-0.1, -0.05) is 6.42 Å². The Bertz CT molecular complexity index is 241. The fourth-order valence-corrected chi connectivity index (χ4v) is 4.55. The predicted molar refractivity (Wildman–Crippen MR) is 48.8 cm³/mol. The second-order valence-corrected chi connectivity index (χ2v) is 5.89. The van der Waals surface area contributed by atoms with Gasteiger partial charge in [-0.3, -0.25) is 9.00 Å². The zero-order valence-electron chi connectivity index (χ0n) is 6.66. The number of ketones is 1. The summed E-state index contributed by atoms with van der Waals surface area (Å²) in [7, 11) is -0.840. The Kier molecular flexibility index (Phi) is 2.25. The summed E-state index contributed by atoms with van der Waals surface area (Å²) in [6.07, 6.45) is 3.33. The maximum atomic E-state index is 11.6. The summed E-state index contributed by atoms with van der Waals surface area (Å²) in [6, 6.07) is 0. The molecule has 4 unspecified atom stereocenters. The van der Waals surface area contributed by atoms with Crippen molar-refractivity contribution in [2.45, 2.75) is 41.6 Å². The molecule has 68 valence electrons. The molecule has 4 atom stereocenters. The lowest BCUT2D eigenvalue weighted by molar-refractivity contribution is -0.119. The monoisotopic (exact) mass is 206 g/mol. The van der Waals surface area contributed by atoms with Gasteiger partial charge in [-0.2, -0.15) is 0 Å². The minimum Gasteiger partial charge on any atom is -0.298 e. The van der Waals surface area contributed by atoms with Crippen LogP contribution < -0.4 is 0 Å². The van der Waals surface area contributed by atoms with Gasteiger partial charge in [-0.05, 0) is 12.8 Å². The fraction of sp³-hybridized carbons (Fsp3) is 0.875. The van der Waals surface area contributed by atoms with Crippen LogP contribution in [0.3, 0.4) is 0 Å². The average molecular weight is 207 g/mol. The highest BCUT2D eigenvalue weighted by Crippen LogP contribution is 2.34. The van der Waals surface area contributed by atoms with Crippen LogP contribution in [0.25, 0.3) is 0 Å². The van der Waals surface area contributed by atoms with E-state index in [0.29, 0.717) is 6.42 Å². The lowest BCUT2D eigenvalue weighted by atomic mass is 9.97. The number of alkyl halides is 1. The van der Waals surface area contributed by atoms with E-state index in [1.807, 2.05) is 0 Å². The summed E-state index contributed by atoms with van der Waals surface area (Å²) in [5, 5.41) is -0.403. The molecule has 2 fully saturated rings. The molecule has 2 rings (SSSR count). The van der Waals surface area contributed by atoms with Crippen LogP contribution in [-0.2, 0) is 15.6 Å². The maximum Gasteiger partial charge on any atom is 0.153 e. The van der Waals surface area contributed by atoms with Gasteiger partial charge in [-0.25, -0.2) is 0 Å². The molecule has 0 radical (unpaired) electrons. The van der Waals surface area contributed by atoms with Crippen molar-refractivity contribution < 1.29 is 9.00 Å². The van der Waals surface area contributed by atoms with E-state index in [9.17, 15) is 9.00 Å². The second-order valence-electron chi connectivity index (χ2n) is 3.49. The Labute approximate surface area is 79.1 Å². The quantitative estimate of drug-likeness (QED) is 0.559. The van der Waals surface area contributed by atoms with Gasteiger partial charge in [0, 0.05) is 22.5 Å². The topological polar surface area (TPSA) is 34.1 Å². The molecule has 2 aliphatic heterocycles. The van der Waals surface area contributed by atoms with E-state index >= 15 is 0 Å². The number of fused-ring (bicyclic) bond motifs is 2. The fourth-order valence-electron chi connectivity index (χ4n) is 2.02. The molecule has 12 heavy (non-hydrogen) atoms. The van der Waals surface area contributed by atoms with E-state index in [4.69, 9.17) is 11.6 Å². The van der Waals surface area contributed by atoms with E-state index < -0.39 is 16.2 Å². The van der Waals surface area contributed by atoms with E-state index in [-0.39, 0.29) is 16.3 Å². The van der Waals surface area contributed by atoms with Gasteiger partial charge in [0.2, 0.25) is 0 Å². The molecule has 0 aromatic heterocycles. The van der Waals surface area contributed by atoms with Gasteiger partial charge in [0.1, 0.15) is 5.38 Å². The van der Waals surface area contributed by atoms with Gasteiger partial charge in [0.25, 0.3) is 0 Å². The highest BCUT2D eigenvalue weighted by Gasteiger charge is 2.43. The van der Waals surface area contributed by atoms with E-state index in [1.165, 1.54) is 0 Å². The zero-order valence-corrected chi connectivity index (χ0v) is 8.24. The molecule has 0 N–H and O–H groups in total. The van der Waals surface area contributed by atoms with Crippen molar-refractivity contribution >= 4 is 28.2 Å². The molecule has 0 amide bonds. The molecule has 2 aliphatic rings. The Morgan fingerprint density at radius 3 is 2.92 bits per heavy atom. The van der Waals surface area contributed by atoms with E-state index in [1.54, 1.807) is 0 Å². The number of halogens is 1. The van der Waals surface area contributed by atoms with E-state index in [2.05, 4.69) is 0 Å². The van der Waals surface area contributed by atoms with Crippen LogP contribution >= 0.6 is 11.6 Å². The SMILES string of the molecule is O=C1CC2CCCC(C1Cl)S2=O. The molecule has 2 bridgehead atoms. The van der Waals surface area contributed by atoms with Crippen molar-refractivity contribution in [3.05, 3.63) is 0 Å². The van der Waals surface area contributed by atoms with Crippen LogP contribution in [0.2, 0.25) is 0 Å². The van der Waals surface area contributed by atoms with Crippen LogP contribution in [0.5, 0.6) is 0 Å². The Hall–Kier alpha value is 0.110. The molecule has 4 heteroatoms. The largest absolute Gasteiger partial charge is 0.298 e. The molecule has 0 saturated carbocycles. The van der Waals surface area contributed by atoms with Crippen molar-refractivity contribution in [3.8, 4) is 0 Å². The molecule has 0 aromatic rings. The number of hydrogen-bond acceptors (Lipinski definition) is 2. The third kappa shape index (κ3) is 1.23. The lowest BCUT2D eigenvalue weighted by Crippen LogP contribution is -2.47. The van der Waals surface area contributed by atoms with Crippen LogP contribution in [0, 0.1) is 0 Å². The Balaban J connectivity index is 2.25. The number of Topliss-reactive ketones (excluding diaryl/α,β-unsaturated/α-hetero) is 1. The van der Waals surface area contributed by atoms with Crippen LogP contribution in [0.1, 0.15) is 25.7 Å². The Morgan fingerprint density at radius 2 is 2.17 bits per heavy atom. The molecule has 2 saturated heterocycles.